The molecule has 2 aliphatic rings. The third kappa shape index (κ3) is 4.82. The van der Waals surface area contributed by atoms with Gasteiger partial charge in [0.05, 0.1) is 19.0 Å². The van der Waals surface area contributed by atoms with Crippen LogP contribution in [0.1, 0.15) is 5.56 Å². The van der Waals surface area contributed by atoms with E-state index < -0.39 is 15.8 Å². The summed E-state index contributed by atoms with van der Waals surface area (Å²) in [6, 6.07) is 7.58. The van der Waals surface area contributed by atoms with E-state index in [0.717, 1.165) is 18.9 Å². The number of anilines is 2. The van der Waals surface area contributed by atoms with Crippen LogP contribution in [0.5, 0.6) is 0 Å². The van der Waals surface area contributed by atoms with Gasteiger partial charge >= 0.3 is 0 Å². The SMILES string of the molecule is O=S(=O)(Cc1cccc(F)c1)N1CCN(c2ccnc(N3CCOCC3)n2)CC1. The maximum absolute atomic E-state index is 13.4. The maximum atomic E-state index is 13.4. The van der Waals surface area contributed by atoms with Gasteiger partial charge in [-0.1, -0.05) is 12.1 Å². The van der Waals surface area contributed by atoms with Crippen LogP contribution in [0.15, 0.2) is 36.5 Å². The molecule has 0 spiro atoms. The van der Waals surface area contributed by atoms with E-state index in [4.69, 9.17) is 4.74 Å². The molecule has 29 heavy (non-hydrogen) atoms. The molecule has 10 heteroatoms. The number of ether oxygens (including phenoxy) is 1. The van der Waals surface area contributed by atoms with Gasteiger partial charge in [-0.3, -0.25) is 0 Å². The van der Waals surface area contributed by atoms with Gasteiger partial charge in [0.1, 0.15) is 11.6 Å². The second-order valence-electron chi connectivity index (χ2n) is 7.09. The Morgan fingerprint density at radius 1 is 1.00 bits per heavy atom. The van der Waals surface area contributed by atoms with Gasteiger partial charge in [0, 0.05) is 45.5 Å². The summed E-state index contributed by atoms with van der Waals surface area (Å²) in [5.74, 6) is 0.845. The lowest BCUT2D eigenvalue weighted by Gasteiger charge is -2.35. The normalized spacial score (nSPS) is 18.8. The van der Waals surface area contributed by atoms with Gasteiger partial charge in [0.2, 0.25) is 16.0 Å². The van der Waals surface area contributed by atoms with Crippen molar-refractivity contribution in [3.63, 3.8) is 0 Å². The van der Waals surface area contributed by atoms with Crippen LogP contribution in [0.4, 0.5) is 16.2 Å². The summed E-state index contributed by atoms with van der Waals surface area (Å²) in [5, 5.41) is 0. The first-order chi connectivity index (χ1) is 14.0. The van der Waals surface area contributed by atoms with E-state index in [9.17, 15) is 12.8 Å². The number of morpholine rings is 1. The van der Waals surface area contributed by atoms with Crippen molar-refractivity contribution < 1.29 is 17.5 Å². The number of aromatic nitrogens is 2. The second-order valence-corrected chi connectivity index (χ2v) is 9.06. The Morgan fingerprint density at radius 3 is 2.48 bits per heavy atom. The summed E-state index contributed by atoms with van der Waals surface area (Å²) in [6.45, 7) is 4.67. The lowest BCUT2D eigenvalue weighted by Crippen LogP contribution is -2.49. The Hall–Kier alpha value is -2.30. The highest BCUT2D eigenvalue weighted by Gasteiger charge is 2.28. The quantitative estimate of drug-likeness (QED) is 0.715. The zero-order valence-corrected chi connectivity index (χ0v) is 16.9. The fourth-order valence-corrected chi connectivity index (χ4v) is 5.06. The van der Waals surface area contributed by atoms with Crippen LogP contribution in [-0.2, 0) is 20.5 Å². The highest BCUT2D eigenvalue weighted by molar-refractivity contribution is 7.88. The van der Waals surface area contributed by atoms with Crippen LogP contribution in [0.2, 0.25) is 0 Å². The first kappa shape index (κ1) is 20.0. The summed E-state index contributed by atoms with van der Waals surface area (Å²) in [6.07, 6.45) is 1.74. The molecule has 0 unspecified atom stereocenters. The molecule has 0 N–H and O–H groups in total. The topological polar surface area (TPSA) is 78.9 Å². The molecule has 3 heterocycles. The number of nitrogens with zero attached hydrogens (tertiary/aromatic N) is 5. The van der Waals surface area contributed by atoms with Gasteiger partial charge in [-0.05, 0) is 23.8 Å². The number of hydrogen-bond acceptors (Lipinski definition) is 7. The molecule has 8 nitrogen and oxygen atoms in total. The van der Waals surface area contributed by atoms with Crippen LogP contribution in [0.3, 0.4) is 0 Å². The van der Waals surface area contributed by atoms with Crippen LogP contribution in [-0.4, -0.2) is 75.2 Å². The average molecular weight is 421 g/mol. The highest BCUT2D eigenvalue weighted by Crippen LogP contribution is 2.20. The molecule has 156 valence electrons. The minimum Gasteiger partial charge on any atom is -0.378 e. The van der Waals surface area contributed by atoms with Gasteiger partial charge in [-0.15, -0.1) is 0 Å². The van der Waals surface area contributed by atoms with E-state index in [1.807, 2.05) is 6.07 Å². The Bertz CT molecular complexity index is 944. The smallest absolute Gasteiger partial charge is 0.227 e. The number of halogens is 1. The second kappa shape index (κ2) is 8.60. The third-order valence-electron chi connectivity index (χ3n) is 5.12. The van der Waals surface area contributed by atoms with Crippen molar-refractivity contribution in [1.82, 2.24) is 14.3 Å². The number of hydrogen-bond donors (Lipinski definition) is 0. The molecule has 1 aromatic carbocycles. The van der Waals surface area contributed by atoms with Crippen LogP contribution >= 0.6 is 0 Å². The molecule has 2 aromatic rings. The van der Waals surface area contributed by atoms with Crippen molar-refractivity contribution in [2.24, 2.45) is 0 Å². The summed E-state index contributed by atoms with van der Waals surface area (Å²) < 4.78 is 45.6. The molecule has 0 aliphatic carbocycles. The van der Waals surface area contributed by atoms with Crippen LogP contribution in [0.25, 0.3) is 0 Å². The van der Waals surface area contributed by atoms with E-state index in [1.54, 1.807) is 12.3 Å². The molecular formula is C19H24FN5O3S. The summed E-state index contributed by atoms with van der Waals surface area (Å²) >= 11 is 0. The first-order valence-electron chi connectivity index (χ1n) is 9.64. The highest BCUT2D eigenvalue weighted by atomic mass is 32.2. The van der Waals surface area contributed by atoms with Gasteiger partial charge in [-0.2, -0.15) is 9.29 Å². The van der Waals surface area contributed by atoms with E-state index in [1.165, 1.54) is 22.5 Å². The molecule has 2 aliphatic heterocycles. The molecule has 0 amide bonds. The monoisotopic (exact) mass is 421 g/mol. The van der Waals surface area contributed by atoms with E-state index in [2.05, 4.69) is 19.8 Å². The fraction of sp³-hybridized carbons (Fsp3) is 0.474. The van der Waals surface area contributed by atoms with Crippen molar-refractivity contribution in [3.8, 4) is 0 Å². The lowest BCUT2D eigenvalue weighted by molar-refractivity contribution is 0.122. The minimum absolute atomic E-state index is 0.195. The summed E-state index contributed by atoms with van der Waals surface area (Å²) in [5.41, 5.74) is 0.457. The minimum atomic E-state index is -3.50. The van der Waals surface area contributed by atoms with Gasteiger partial charge in [0.15, 0.2) is 0 Å². The lowest BCUT2D eigenvalue weighted by atomic mass is 10.2. The number of benzene rings is 1. The Morgan fingerprint density at radius 2 is 1.76 bits per heavy atom. The molecule has 2 fully saturated rings. The molecular weight excluding hydrogens is 397 g/mol. The number of sulfonamides is 1. The van der Waals surface area contributed by atoms with Crippen molar-refractivity contribution >= 4 is 21.8 Å². The standard InChI is InChI=1S/C19H24FN5O3S/c20-17-3-1-2-16(14-17)15-29(26,27)25-8-6-23(7-9-25)18-4-5-21-19(22-18)24-10-12-28-13-11-24/h1-5,14H,6-13,15H2. The number of piperazine rings is 1. The third-order valence-corrected chi connectivity index (χ3v) is 6.97. The van der Waals surface area contributed by atoms with E-state index >= 15 is 0 Å². The predicted octanol–water partition coefficient (Wildman–Crippen LogP) is 1.10. The number of rotatable bonds is 5. The van der Waals surface area contributed by atoms with Crippen molar-refractivity contribution in [2.45, 2.75) is 5.75 Å². The maximum Gasteiger partial charge on any atom is 0.227 e. The largest absolute Gasteiger partial charge is 0.378 e. The van der Waals surface area contributed by atoms with Crippen molar-refractivity contribution in [3.05, 3.63) is 47.9 Å². The summed E-state index contributed by atoms with van der Waals surface area (Å²) in [7, 11) is -3.50. The van der Waals surface area contributed by atoms with Crippen LogP contribution in [0, 0.1) is 5.82 Å². The Balaban J connectivity index is 1.39. The van der Waals surface area contributed by atoms with Crippen molar-refractivity contribution in [1.29, 1.82) is 0 Å². The fourth-order valence-electron chi connectivity index (χ4n) is 3.56. The molecule has 1 aromatic heterocycles. The Kier molecular flexibility index (Phi) is 5.93. The first-order valence-corrected chi connectivity index (χ1v) is 11.3. The van der Waals surface area contributed by atoms with E-state index in [0.29, 0.717) is 50.9 Å². The summed E-state index contributed by atoms with van der Waals surface area (Å²) in [4.78, 5) is 13.2. The molecule has 0 radical (unpaired) electrons. The zero-order valence-electron chi connectivity index (χ0n) is 16.1. The average Bonchev–Trinajstić information content (AvgIpc) is 2.74. The molecule has 2 saturated heterocycles. The molecule has 4 rings (SSSR count). The molecule has 0 saturated carbocycles. The van der Waals surface area contributed by atoms with Gasteiger partial charge in [-0.25, -0.2) is 17.8 Å². The Labute approximate surface area is 170 Å². The van der Waals surface area contributed by atoms with E-state index in [-0.39, 0.29) is 5.75 Å². The molecule has 0 atom stereocenters. The van der Waals surface area contributed by atoms with Crippen LogP contribution < -0.4 is 9.80 Å². The molecule has 0 bridgehead atoms. The zero-order chi connectivity index (χ0) is 20.3. The predicted molar refractivity (Wildman–Crippen MR) is 108 cm³/mol. The van der Waals surface area contributed by atoms with Crippen molar-refractivity contribution in [2.75, 3.05) is 62.3 Å². The van der Waals surface area contributed by atoms with Gasteiger partial charge in [0.25, 0.3) is 0 Å². The van der Waals surface area contributed by atoms with Gasteiger partial charge < -0.3 is 14.5 Å².